The van der Waals surface area contributed by atoms with Crippen LogP contribution < -0.4 is 5.63 Å². The molecule has 0 aliphatic heterocycles. The van der Waals surface area contributed by atoms with Crippen molar-refractivity contribution in [2.75, 3.05) is 27.2 Å². The third-order valence-corrected chi connectivity index (χ3v) is 2.75. The van der Waals surface area contributed by atoms with E-state index in [9.17, 15) is 9.18 Å². The van der Waals surface area contributed by atoms with Gasteiger partial charge < -0.3 is 9.42 Å². The number of aliphatic imine (C=N–C) groups is 1. The lowest BCUT2D eigenvalue weighted by Gasteiger charge is -2.05. The van der Waals surface area contributed by atoms with Crippen molar-refractivity contribution in [3.05, 3.63) is 46.1 Å². The van der Waals surface area contributed by atoms with Crippen LogP contribution in [0, 0.1) is 5.82 Å². The van der Waals surface area contributed by atoms with E-state index in [1.807, 2.05) is 19.0 Å². The van der Waals surface area contributed by atoms with Gasteiger partial charge >= 0.3 is 5.63 Å². The molecule has 0 saturated carbocycles. The highest BCUT2D eigenvalue weighted by Gasteiger charge is 2.12. The predicted octanol–water partition coefficient (Wildman–Crippen LogP) is 1.75. The number of hydrogen-bond acceptors (Lipinski definition) is 4. The fourth-order valence-corrected chi connectivity index (χ4v) is 1.70. The molecule has 1 aromatic heterocycles. The Kier molecular flexibility index (Phi) is 4.47. The van der Waals surface area contributed by atoms with Crippen molar-refractivity contribution in [3.63, 3.8) is 0 Å². The molecular formula is C14H16FN3O2. The largest absolute Gasteiger partial charge is 0.366 e. The van der Waals surface area contributed by atoms with Crippen molar-refractivity contribution in [1.82, 2.24) is 10.1 Å². The Balaban J connectivity index is 2.26. The van der Waals surface area contributed by atoms with Crippen molar-refractivity contribution in [1.29, 1.82) is 0 Å². The lowest BCUT2D eigenvalue weighted by molar-refractivity contribution is 0.393. The summed E-state index contributed by atoms with van der Waals surface area (Å²) in [6, 6.07) is 5.94. The van der Waals surface area contributed by atoms with Crippen LogP contribution in [0.1, 0.15) is 5.56 Å². The summed E-state index contributed by atoms with van der Waals surface area (Å²) in [7, 11) is 3.89. The fourth-order valence-electron chi connectivity index (χ4n) is 1.70. The van der Waals surface area contributed by atoms with Crippen LogP contribution in [0.2, 0.25) is 0 Å². The highest BCUT2D eigenvalue weighted by atomic mass is 19.1. The Hall–Kier alpha value is -2.21. The first-order valence-electron chi connectivity index (χ1n) is 6.20. The van der Waals surface area contributed by atoms with E-state index < -0.39 is 5.63 Å². The minimum Gasteiger partial charge on any atom is -0.338 e. The van der Waals surface area contributed by atoms with Crippen LogP contribution in [-0.2, 0) is 0 Å². The summed E-state index contributed by atoms with van der Waals surface area (Å²) in [4.78, 5) is 17.8. The molecule has 0 atom stereocenters. The number of benzene rings is 1. The van der Waals surface area contributed by atoms with E-state index >= 15 is 0 Å². The average Bonchev–Trinajstić information content (AvgIpc) is 2.76. The zero-order valence-corrected chi connectivity index (χ0v) is 11.4. The van der Waals surface area contributed by atoms with Crippen molar-refractivity contribution in [3.8, 4) is 11.3 Å². The fraction of sp³-hybridized carbons (Fsp3) is 0.286. The van der Waals surface area contributed by atoms with E-state index in [0.717, 1.165) is 6.54 Å². The first-order chi connectivity index (χ1) is 9.58. The van der Waals surface area contributed by atoms with Crippen molar-refractivity contribution >= 4 is 6.21 Å². The molecule has 0 saturated heterocycles. The molecule has 0 fully saturated rings. The number of H-pyrrole nitrogens is 1. The normalized spacial score (nSPS) is 11.6. The quantitative estimate of drug-likeness (QED) is 0.847. The maximum Gasteiger partial charge on any atom is 0.366 e. The summed E-state index contributed by atoms with van der Waals surface area (Å²) >= 11 is 0. The Morgan fingerprint density at radius 2 is 2.25 bits per heavy atom. The maximum absolute atomic E-state index is 13.2. The summed E-state index contributed by atoms with van der Waals surface area (Å²) in [5, 5.41) is 2.51. The van der Waals surface area contributed by atoms with Gasteiger partial charge in [-0.2, -0.15) is 0 Å². The smallest absolute Gasteiger partial charge is 0.338 e. The average molecular weight is 277 g/mol. The zero-order chi connectivity index (χ0) is 14.5. The van der Waals surface area contributed by atoms with Gasteiger partial charge in [0.05, 0.1) is 12.2 Å². The van der Waals surface area contributed by atoms with E-state index in [0.29, 0.717) is 23.4 Å². The molecule has 0 spiro atoms. The third kappa shape index (κ3) is 3.42. The Morgan fingerprint density at radius 1 is 1.45 bits per heavy atom. The van der Waals surface area contributed by atoms with E-state index in [4.69, 9.17) is 4.52 Å². The minimum absolute atomic E-state index is 0.300. The minimum atomic E-state index is -0.516. The molecule has 1 heterocycles. The lowest BCUT2D eigenvalue weighted by Crippen LogP contribution is -2.15. The number of nitrogens with one attached hydrogen (secondary N) is 1. The van der Waals surface area contributed by atoms with Gasteiger partial charge in [0.2, 0.25) is 0 Å². The first kappa shape index (κ1) is 14.2. The van der Waals surface area contributed by atoms with Crippen molar-refractivity contribution in [2.45, 2.75) is 0 Å². The van der Waals surface area contributed by atoms with Crippen LogP contribution >= 0.6 is 0 Å². The number of likely N-dealkylation sites (N-methyl/N-ethyl adjacent to an activating group) is 1. The summed E-state index contributed by atoms with van der Waals surface area (Å²) < 4.78 is 18.0. The Bertz CT molecular complexity index is 658. The van der Waals surface area contributed by atoms with Gasteiger partial charge in [-0.25, -0.2) is 14.3 Å². The van der Waals surface area contributed by atoms with Crippen molar-refractivity contribution in [2.24, 2.45) is 4.99 Å². The first-order valence-corrected chi connectivity index (χ1v) is 6.20. The predicted molar refractivity (Wildman–Crippen MR) is 75.7 cm³/mol. The number of rotatable bonds is 5. The second-order valence-electron chi connectivity index (χ2n) is 4.63. The Morgan fingerprint density at radius 3 is 2.95 bits per heavy atom. The maximum atomic E-state index is 13.2. The third-order valence-electron chi connectivity index (χ3n) is 2.75. The zero-order valence-electron chi connectivity index (χ0n) is 11.4. The van der Waals surface area contributed by atoms with Gasteiger partial charge in [-0.3, -0.25) is 4.99 Å². The van der Waals surface area contributed by atoms with Crippen LogP contribution in [0.4, 0.5) is 4.39 Å². The number of aromatic nitrogens is 1. The summed E-state index contributed by atoms with van der Waals surface area (Å²) in [6.45, 7) is 1.35. The molecule has 0 radical (unpaired) electrons. The second kappa shape index (κ2) is 6.29. The van der Waals surface area contributed by atoms with E-state index in [2.05, 4.69) is 10.1 Å². The molecule has 0 bridgehead atoms. The molecule has 1 N–H and O–H groups in total. The molecule has 0 amide bonds. The molecule has 1 aromatic carbocycles. The highest BCUT2D eigenvalue weighted by Crippen LogP contribution is 2.19. The lowest BCUT2D eigenvalue weighted by atomic mass is 10.1. The molecule has 2 aromatic rings. The molecule has 0 aliphatic rings. The molecule has 6 heteroatoms. The van der Waals surface area contributed by atoms with E-state index in [1.165, 1.54) is 18.3 Å². The van der Waals surface area contributed by atoms with Crippen LogP contribution in [0.15, 0.2) is 38.6 Å². The standard InChI is InChI=1S/C14H16FN3O2/c1-18(2)7-6-16-9-12-13(17-20-14(12)19)10-4-3-5-11(15)8-10/h3-5,8-9,17H,6-7H2,1-2H3. The Labute approximate surface area is 115 Å². The second-order valence-corrected chi connectivity index (χ2v) is 4.63. The van der Waals surface area contributed by atoms with Gasteiger partial charge in [-0.15, -0.1) is 0 Å². The molecule has 0 unspecified atom stereocenters. The molecule has 2 rings (SSSR count). The summed E-state index contributed by atoms with van der Waals surface area (Å²) in [5.41, 5.74) is 0.764. The van der Waals surface area contributed by atoms with Gasteiger partial charge in [-0.05, 0) is 26.2 Å². The van der Waals surface area contributed by atoms with Gasteiger partial charge in [0.15, 0.2) is 0 Å². The molecule has 20 heavy (non-hydrogen) atoms. The topological polar surface area (TPSA) is 61.6 Å². The van der Waals surface area contributed by atoms with Gasteiger partial charge in [0.25, 0.3) is 0 Å². The molecule has 0 aliphatic carbocycles. The van der Waals surface area contributed by atoms with Crippen molar-refractivity contribution < 1.29 is 8.91 Å². The molecular weight excluding hydrogens is 261 g/mol. The number of hydrogen-bond donors (Lipinski definition) is 1. The number of nitrogens with zero attached hydrogens (tertiary/aromatic N) is 2. The van der Waals surface area contributed by atoms with Crippen LogP contribution in [0.3, 0.4) is 0 Å². The van der Waals surface area contributed by atoms with Crippen LogP contribution in [0.25, 0.3) is 11.3 Å². The van der Waals surface area contributed by atoms with Gasteiger partial charge in [-0.1, -0.05) is 12.1 Å². The van der Waals surface area contributed by atoms with E-state index in [1.54, 1.807) is 12.1 Å². The van der Waals surface area contributed by atoms with Gasteiger partial charge in [0.1, 0.15) is 11.4 Å². The molecule has 5 nitrogen and oxygen atoms in total. The SMILES string of the molecule is CN(C)CCN=Cc1c(-c2cccc(F)c2)[nH]oc1=O. The van der Waals surface area contributed by atoms with E-state index in [-0.39, 0.29) is 5.82 Å². The van der Waals surface area contributed by atoms with Gasteiger partial charge in [0, 0.05) is 18.3 Å². The monoisotopic (exact) mass is 277 g/mol. The van der Waals surface area contributed by atoms with Crippen LogP contribution in [0.5, 0.6) is 0 Å². The molecule has 106 valence electrons. The summed E-state index contributed by atoms with van der Waals surface area (Å²) in [6.07, 6.45) is 1.46. The van der Waals surface area contributed by atoms with Crippen LogP contribution in [-0.4, -0.2) is 43.5 Å². The highest BCUT2D eigenvalue weighted by molar-refractivity contribution is 5.88. The number of aromatic amines is 1. The number of halogens is 1. The summed E-state index contributed by atoms with van der Waals surface area (Å²) in [5.74, 6) is -0.375.